The molecule has 1 aliphatic heterocycles. The number of nitrogens with zero attached hydrogens (tertiary/aromatic N) is 5. The molecule has 1 aromatic carbocycles. The number of benzene rings is 1. The smallest absolute Gasteiger partial charge is 0.229 e. The average Bonchev–Trinajstić information content (AvgIpc) is 3.16. The molecule has 23 heavy (non-hydrogen) atoms. The van der Waals surface area contributed by atoms with E-state index in [-0.39, 0.29) is 6.04 Å². The Labute approximate surface area is 138 Å². The van der Waals surface area contributed by atoms with Crippen molar-refractivity contribution in [2.24, 2.45) is 7.05 Å². The lowest BCUT2D eigenvalue weighted by Gasteiger charge is -2.25. The standard InChI is InChI=1S/C16H17ClN6/c1-22-15-12(9-19-22)14(18)20-16(21-15)23-8-2-3-13(23)10-4-6-11(17)7-5-10/h4-7,9,13H,2-3,8H2,1H3,(H2,18,20,21). The maximum absolute atomic E-state index is 6.09. The third kappa shape index (κ3) is 2.39. The predicted octanol–water partition coefficient (Wildman–Crippen LogP) is 2.94. The summed E-state index contributed by atoms with van der Waals surface area (Å²) in [5.41, 5.74) is 8.07. The van der Waals surface area contributed by atoms with Gasteiger partial charge in [0.2, 0.25) is 5.95 Å². The number of anilines is 2. The minimum absolute atomic E-state index is 0.248. The fourth-order valence-electron chi connectivity index (χ4n) is 3.20. The first-order chi connectivity index (χ1) is 11.1. The van der Waals surface area contributed by atoms with E-state index < -0.39 is 0 Å². The number of hydrogen-bond acceptors (Lipinski definition) is 5. The van der Waals surface area contributed by atoms with Crippen molar-refractivity contribution in [1.82, 2.24) is 19.7 Å². The van der Waals surface area contributed by atoms with Crippen LogP contribution in [0.1, 0.15) is 24.4 Å². The van der Waals surface area contributed by atoms with Crippen LogP contribution >= 0.6 is 11.6 Å². The molecule has 0 spiro atoms. The number of nitrogens with two attached hydrogens (primary N) is 1. The maximum Gasteiger partial charge on any atom is 0.229 e. The minimum Gasteiger partial charge on any atom is -0.383 e. The lowest BCUT2D eigenvalue weighted by Crippen LogP contribution is -2.25. The topological polar surface area (TPSA) is 72.9 Å². The van der Waals surface area contributed by atoms with Crippen LogP contribution in [0.15, 0.2) is 30.5 Å². The number of hydrogen-bond donors (Lipinski definition) is 1. The van der Waals surface area contributed by atoms with Crippen molar-refractivity contribution in [3.05, 3.63) is 41.0 Å². The monoisotopic (exact) mass is 328 g/mol. The highest BCUT2D eigenvalue weighted by molar-refractivity contribution is 6.30. The molecule has 6 nitrogen and oxygen atoms in total. The van der Waals surface area contributed by atoms with Crippen molar-refractivity contribution in [2.75, 3.05) is 17.2 Å². The third-order valence-electron chi connectivity index (χ3n) is 4.37. The molecule has 2 aromatic heterocycles. The Morgan fingerprint density at radius 1 is 1.22 bits per heavy atom. The zero-order chi connectivity index (χ0) is 16.0. The van der Waals surface area contributed by atoms with E-state index in [0.717, 1.165) is 35.4 Å². The summed E-state index contributed by atoms with van der Waals surface area (Å²) in [6.45, 7) is 0.913. The molecular weight excluding hydrogens is 312 g/mol. The van der Waals surface area contributed by atoms with Crippen molar-refractivity contribution in [1.29, 1.82) is 0 Å². The third-order valence-corrected chi connectivity index (χ3v) is 4.63. The second kappa shape index (κ2) is 5.38. The van der Waals surface area contributed by atoms with Crippen LogP contribution in [0.4, 0.5) is 11.8 Å². The number of aromatic nitrogens is 4. The molecule has 4 rings (SSSR count). The Bertz CT molecular complexity index is 857. The Hall–Kier alpha value is -2.34. The van der Waals surface area contributed by atoms with E-state index in [1.54, 1.807) is 10.9 Å². The van der Waals surface area contributed by atoms with Gasteiger partial charge in [-0.3, -0.25) is 4.68 Å². The molecule has 0 saturated carbocycles. The number of halogens is 1. The summed E-state index contributed by atoms with van der Waals surface area (Å²) >= 11 is 6.00. The van der Waals surface area contributed by atoms with Gasteiger partial charge in [0.1, 0.15) is 5.82 Å². The summed E-state index contributed by atoms with van der Waals surface area (Å²) in [7, 11) is 1.86. The van der Waals surface area contributed by atoms with Crippen molar-refractivity contribution in [3.8, 4) is 0 Å². The molecule has 0 amide bonds. The van der Waals surface area contributed by atoms with Gasteiger partial charge in [0.15, 0.2) is 5.65 Å². The summed E-state index contributed by atoms with van der Waals surface area (Å²) in [5.74, 6) is 1.14. The van der Waals surface area contributed by atoms with Crippen LogP contribution in [0.5, 0.6) is 0 Å². The van der Waals surface area contributed by atoms with Gasteiger partial charge < -0.3 is 10.6 Å². The Balaban J connectivity index is 1.76. The summed E-state index contributed by atoms with van der Waals surface area (Å²) in [4.78, 5) is 11.4. The highest BCUT2D eigenvalue weighted by Gasteiger charge is 2.29. The molecule has 1 fully saturated rings. The van der Waals surface area contributed by atoms with Gasteiger partial charge in [-0.25, -0.2) is 0 Å². The van der Waals surface area contributed by atoms with E-state index in [9.17, 15) is 0 Å². The molecule has 0 radical (unpaired) electrons. The summed E-state index contributed by atoms with van der Waals surface area (Å²) in [5, 5.41) is 5.75. The number of nitrogen functional groups attached to an aromatic ring is 1. The highest BCUT2D eigenvalue weighted by atomic mass is 35.5. The zero-order valence-corrected chi connectivity index (χ0v) is 13.5. The zero-order valence-electron chi connectivity index (χ0n) is 12.8. The number of aryl methyl sites for hydroxylation is 1. The second-order valence-corrected chi connectivity index (χ2v) is 6.25. The Morgan fingerprint density at radius 3 is 2.78 bits per heavy atom. The van der Waals surface area contributed by atoms with Crippen LogP contribution < -0.4 is 10.6 Å². The molecule has 1 atom stereocenters. The van der Waals surface area contributed by atoms with Crippen molar-refractivity contribution < 1.29 is 0 Å². The quantitative estimate of drug-likeness (QED) is 0.783. The SMILES string of the molecule is Cn1ncc2c(N)nc(N3CCCC3c3ccc(Cl)cc3)nc21. The first-order valence-electron chi connectivity index (χ1n) is 7.61. The molecule has 3 heterocycles. The van der Waals surface area contributed by atoms with Crippen molar-refractivity contribution in [3.63, 3.8) is 0 Å². The van der Waals surface area contributed by atoms with E-state index in [0.29, 0.717) is 11.8 Å². The molecule has 1 aliphatic rings. The Morgan fingerprint density at radius 2 is 2.00 bits per heavy atom. The van der Waals surface area contributed by atoms with E-state index in [2.05, 4.69) is 32.1 Å². The molecule has 3 aromatic rings. The van der Waals surface area contributed by atoms with Crippen LogP contribution in [0.2, 0.25) is 5.02 Å². The largest absolute Gasteiger partial charge is 0.383 e. The van der Waals surface area contributed by atoms with Gasteiger partial charge in [-0.05, 0) is 30.5 Å². The molecular formula is C16H17ClN6. The van der Waals surface area contributed by atoms with Gasteiger partial charge in [-0.2, -0.15) is 15.1 Å². The van der Waals surface area contributed by atoms with E-state index >= 15 is 0 Å². The van der Waals surface area contributed by atoms with Crippen molar-refractivity contribution in [2.45, 2.75) is 18.9 Å². The van der Waals surface area contributed by atoms with Gasteiger partial charge in [0.05, 0.1) is 17.6 Å². The van der Waals surface area contributed by atoms with Gasteiger partial charge in [-0.15, -0.1) is 0 Å². The minimum atomic E-state index is 0.248. The fraction of sp³-hybridized carbons (Fsp3) is 0.312. The van der Waals surface area contributed by atoms with Gasteiger partial charge >= 0.3 is 0 Å². The first-order valence-corrected chi connectivity index (χ1v) is 7.98. The maximum atomic E-state index is 6.09. The first kappa shape index (κ1) is 14.3. The summed E-state index contributed by atoms with van der Waals surface area (Å²) < 4.78 is 1.73. The number of rotatable bonds is 2. The van der Waals surface area contributed by atoms with Crippen LogP contribution in [0.3, 0.4) is 0 Å². The van der Waals surface area contributed by atoms with Gasteiger partial charge in [0, 0.05) is 18.6 Å². The second-order valence-electron chi connectivity index (χ2n) is 5.82. The molecule has 1 unspecified atom stereocenters. The molecule has 0 bridgehead atoms. The lowest BCUT2D eigenvalue weighted by atomic mass is 10.1. The van der Waals surface area contributed by atoms with E-state index in [1.165, 1.54) is 5.56 Å². The van der Waals surface area contributed by atoms with Gasteiger partial charge in [-0.1, -0.05) is 23.7 Å². The summed E-state index contributed by atoms with van der Waals surface area (Å²) in [6.07, 6.45) is 3.86. The Kier molecular flexibility index (Phi) is 3.34. The lowest BCUT2D eigenvalue weighted by molar-refractivity contribution is 0.701. The molecule has 118 valence electrons. The van der Waals surface area contributed by atoms with Crippen LogP contribution in [-0.4, -0.2) is 26.3 Å². The fourth-order valence-corrected chi connectivity index (χ4v) is 3.32. The van der Waals surface area contributed by atoms with Crippen LogP contribution in [-0.2, 0) is 7.05 Å². The van der Waals surface area contributed by atoms with Crippen molar-refractivity contribution >= 4 is 34.4 Å². The molecule has 0 aliphatic carbocycles. The average molecular weight is 329 g/mol. The molecule has 2 N–H and O–H groups in total. The normalized spacial score (nSPS) is 18.0. The molecule has 1 saturated heterocycles. The van der Waals surface area contributed by atoms with Crippen LogP contribution in [0.25, 0.3) is 11.0 Å². The molecule has 7 heteroatoms. The van der Waals surface area contributed by atoms with Crippen LogP contribution in [0, 0.1) is 0 Å². The van der Waals surface area contributed by atoms with Gasteiger partial charge in [0.25, 0.3) is 0 Å². The van der Waals surface area contributed by atoms with E-state index in [1.807, 2.05) is 19.2 Å². The number of fused-ring (bicyclic) bond motifs is 1. The highest BCUT2D eigenvalue weighted by Crippen LogP contribution is 2.35. The van der Waals surface area contributed by atoms with E-state index in [4.69, 9.17) is 17.3 Å². The predicted molar refractivity (Wildman–Crippen MR) is 91.5 cm³/mol. The summed E-state index contributed by atoms with van der Waals surface area (Å²) in [6, 6.07) is 8.23.